The standard InChI is InChI=1S/C11H20O2.C11H22O2.C10H18O2.2C10H20O2.2C9H18O2.C8H16O2.2CH4/c1-8(2)11(5-6-11)7-10(12)13-9(3)4;1-8(2)11(5,6)7-10(12)13-9(3)4;1-7(2)10(5-6-10)9(11)12-8(3)4;1-7(2)10(5,6)9(11)12-8(3)4;1-7(2)9(5)6-10(11)12-8(3)4;1-7(2)5-6-9(10)11-8(3)4;1-6(2)8(5)9(10)11-7(3)4;1-6(2)5-8(9)10-7(3)4;;/h8-9H,5-7H2,1-4H3;8-9H,7H2,1-6H3;7-8H,5-6H2,1-4H3;7-8H,1-6H3;7-9H,6H2,1-5H3;7-8H,5-6H2,1-4H3;6-8H,1-5H3;6-7H,5H2,1-4H3;2*1H4. The molecule has 16 nitrogen and oxygen atoms in total. The first kappa shape index (κ1) is 108. The summed E-state index contributed by atoms with van der Waals surface area (Å²) in [7, 11) is 0. The molecule has 0 aliphatic heterocycles. The van der Waals surface area contributed by atoms with Crippen molar-refractivity contribution in [1.29, 1.82) is 0 Å². The molecule has 0 spiro atoms. The van der Waals surface area contributed by atoms with Crippen molar-refractivity contribution in [2.24, 2.45) is 80.8 Å². The van der Waals surface area contributed by atoms with Gasteiger partial charge in [0.15, 0.2) is 0 Å². The van der Waals surface area contributed by atoms with Crippen molar-refractivity contribution in [2.75, 3.05) is 0 Å². The van der Waals surface area contributed by atoms with Crippen molar-refractivity contribution in [3.05, 3.63) is 0 Å². The zero-order chi connectivity index (χ0) is 75.7. The Hall–Kier alpha value is -4.24. The van der Waals surface area contributed by atoms with Gasteiger partial charge in [0.2, 0.25) is 0 Å². The molecule has 16 heteroatoms. The first-order chi connectivity index (χ1) is 42.4. The summed E-state index contributed by atoms with van der Waals surface area (Å²) in [5.74, 6) is 3.59. The van der Waals surface area contributed by atoms with Gasteiger partial charge in [-0.1, -0.05) is 153 Å². The second-order valence-corrected chi connectivity index (χ2v) is 32.3. The molecule has 2 fully saturated rings. The van der Waals surface area contributed by atoms with Gasteiger partial charge in [-0.05, 0) is 221 Å². The summed E-state index contributed by atoms with van der Waals surface area (Å²) in [6.07, 6.45) is 8.14. The molecule has 2 aliphatic rings. The highest BCUT2D eigenvalue weighted by molar-refractivity contribution is 5.80. The van der Waals surface area contributed by atoms with Crippen molar-refractivity contribution in [3.8, 4) is 0 Å². The SMILES string of the molecule is C.C.CC(C)CC(=O)OC(C)C.CC(C)CCC(=O)OC(C)C.CC(C)OC(=O)C(C)(C)C(C)C.CC(C)OC(=O)C(C)C(C)C.CC(C)OC(=O)C1(C(C)C)CC1.CC(C)OC(=O)CC(C)(C)C(C)C.CC(C)OC(=O)CC(C)C(C)C.CC(C)OC(=O)CC1(C(C)C)CC1. The predicted molar refractivity (Wildman–Crippen MR) is 399 cm³/mol. The molecule has 2 saturated carbocycles. The van der Waals surface area contributed by atoms with E-state index in [1.165, 1.54) is 12.8 Å². The van der Waals surface area contributed by atoms with Crippen LogP contribution in [-0.2, 0) is 76.3 Å². The van der Waals surface area contributed by atoms with E-state index in [0.717, 1.165) is 19.3 Å². The number of carbonyl (C=O) groups is 8. The van der Waals surface area contributed by atoms with Crippen LogP contribution in [0.25, 0.3) is 0 Å². The van der Waals surface area contributed by atoms with Gasteiger partial charge in [-0.2, -0.15) is 0 Å². The summed E-state index contributed by atoms with van der Waals surface area (Å²) < 4.78 is 40.5. The lowest BCUT2D eigenvalue weighted by Crippen LogP contribution is -2.33. The minimum Gasteiger partial charge on any atom is -0.463 e. The Bertz CT molecular complexity index is 1970. The van der Waals surface area contributed by atoms with Crippen LogP contribution in [0.5, 0.6) is 0 Å². The molecule has 0 aromatic rings. The highest BCUT2D eigenvalue weighted by Gasteiger charge is 2.54. The number of ether oxygens (including phenoxy) is 8. The summed E-state index contributed by atoms with van der Waals surface area (Å²) in [5.41, 5.74) is -0.174. The minimum absolute atomic E-state index is 0. The van der Waals surface area contributed by atoms with E-state index in [1.54, 1.807) is 0 Å². The fourth-order valence-corrected chi connectivity index (χ4v) is 7.47. The Morgan fingerprint density at radius 1 is 0.365 bits per heavy atom. The molecule has 0 aromatic heterocycles. The first-order valence-corrected chi connectivity index (χ1v) is 36.0. The van der Waals surface area contributed by atoms with Gasteiger partial charge >= 0.3 is 47.8 Å². The number of rotatable bonds is 28. The minimum atomic E-state index is -0.371. The van der Waals surface area contributed by atoms with Crippen molar-refractivity contribution < 1.29 is 76.3 Å². The number of hydrogen-bond donors (Lipinski definition) is 0. The topological polar surface area (TPSA) is 210 Å². The van der Waals surface area contributed by atoms with Crippen LogP contribution in [0.4, 0.5) is 0 Å². The molecule has 0 heterocycles. The average Bonchev–Trinajstić information content (AvgIpc) is 1.64. The molecule has 0 N–H and O–H groups in total. The molecule has 576 valence electrons. The second kappa shape index (κ2) is 54.6. The number of hydrogen-bond acceptors (Lipinski definition) is 16. The highest BCUT2D eigenvalue weighted by atomic mass is 16.6. The van der Waals surface area contributed by atoms with Crippen molar-refractivity contribution >= 4 is 47.8 Å². The van der Waals surface area contributed by atoms with Gasteiger partial charge in [-0.3, -0.25) is 38.4 Å². The van der Waals surface area contributed by atoms with Crippen LogP contribution < -0.4 is 0 Å². The van der Waals surface area contributed by atoms with Gasteiger partial charge in [-0.25, -0.2) is 0 Å². The monoisotopic (exact) mass is 1380 g/mol. The first-order valence-electron chi connectivity index (χ1n) is 36.0. The van der Waals surface area contributed by atoms with Crippen molar-refractivity contribution in [1.82, 2.24) is 0 Å². The van der Waals surface area contributed by atoms with Crippen LogP contribution in [-0.4, -0.2) is 96.6 Å². The van der Waals surface area contributed by atoms with E-state index in [4.69, 9.17) is 37.9 Å². The molecule has 0 radical (unpaired) electrons. The Kier molecular flexibility index (Phi) is 61.2. The second-order valence-electron chi connectivity index (χ2n) is 32.3. The fourth-order valence-electron chi connectivity index (χ4n) is 7.47. The van der Waals surface area contributed by atoms with E-state index < -0.39 is 0 Å². The molecule has 2 aliphatic carbocycles. The zero-order valence-electron chi connectivity index (χ0n) is 68.0. The molecular formula is C80H160O16. The van der Waals surface area contributed by atoms with Gasteiger partial charge in [0.1, 0.15) is 0 Å². The van der Waals surface area contributed by atoms with Gasteiger partial charge in [0, 0.05) is 19.3 Å². The van der Waals surface area contributed by atoms with Crippen LogP contribution in [0.3, 0.4) is 0 Å². The lowest BCUT2D eigenvalue weighted by Gasteiger charge is -2.28. The average molecular weight is 1380 g/mol. The van der Waals surface area contributed by atoms with Crippen LogP contribution in [0, 0.1) is 80.8 Å². The molecule has 2 atom stereocenters. The van der Waals surface area contributed by atoms with Crippen LogP contribution in [0.1, 0.15) is 342 Å². The van der Waals surface area contributed by atoms with Gasteiger partial charge < -0.3 is 37.9 Å². The van der Waals surface area contributed by atoms with E-state index >= 15 is 0 Å². The van der Waals surface area contributed by atoms with E-state index in [9.17, 15) is 38.4 Å². The lowest BCUT2D eigenvalue weighted by atomic mass is 9.78. The maximum Gasteiger partial charge on any atom is 0.312 e. The molecule has 0 aromatic carbocycles. The van der Waals surface area contributed by atoms with E-state index in [0.29, 0.717) is 85.4 Å². The van der Waals surface area contributed by atoms with Crippen LogP contribution >= 0.6 is 0 Å². The highest BCUT2D eigenvalue weighted by Crippen LogP contribution is 2.55. The van der Waals surface area contributed by atoms with Gasteiger partial charge in [0.25, 0.3) is 0 Å². The zero-order valence-corrected chi connectivity index (χ0v) is 68.0. The maximum atomic E-state index is 11.6. The summed E-state index contributed by atoms with van der Waals surface area (Å²) in [6, 6.07) is 0. The molecule has 96 heavy (non-hydrogen) atoms. The predicted octanol–water partition coefficient (Wildman–Crippen LogP) is 21.2. The number of carbonyl (C=O) groups excluding carboxylic acids is 8. The van der Waals surface area contributed by atoms with Crippen LogP contribution in [0.15, 0.2) is 0 Å². The largest absolute Gasteiger partial charge is 0.463 e. The maximum absolute atomic E-state index is 11.6. The Labute approximate surface area is 593 Å². The normalized spacial score (nSPS) is 13.9. The molecule has 0 amide bonds. The smallest absolute Gasteiger partial charge is 0.312 e. The summed E-state index contributed by atoms with van der Waals surface area (Å²) >= 11 is 0. The summed E-state index contributed by atoms with van der Waals surface area (Å²) in [6.45, 7) is 75.4. The summed E-state index contributed by atoms with van der Waals surface area (Å²) in [5, 5.41) is 0. The van der Waals surface area contributed by atoms with E-state index in [-0.39, 0.29) is 139 Å². The Morgan fingerprint density at radius 3 is 1.00 bits per heavy atom. The van der Waals surface area contributed by atoms with Crippen molar-refractivity contribution in [3.63, 3.8) is 0 Å². The molecule has 2 rings (SSSR count). The third-order valence-electron chi connectivity index (χ3n) is 16.4. The molecule has 0 bridgehead atoms. The van der Waals surface area contributed by atoms with Gasteiger partial charge in [0.05, 0.1) is 78.4 Å². The molecule has 0 saturated heterocycles. The molecule has 2 unspecified atom stereocenters. The van der Waals surface area contributed by atoms with Crippen molar-refractivity contribution in [2.45, 2.75) is 391 Å². The van der Waals surface area contributed by atoms with E-state index in [1.807, 2.05) is 173 Å². The molecular weight excluding hydrogens is 1220 g/mol. The van der Waals surface area contributed by atoms with E-state index in [2.05, 4.69) is 90.0 Å². The fraction of sp³-hybridized carbons (Fsp3) is 0.900. The Balaban J connectivity index is -0.000000153. The van der Waals surface area contributed by atoms with Crippen LogP contribution in [0.2, 0.25) is 0 Å². The quantitative estimate of drug-likeness (QED) is 0.0527. The third kappa shape index (κ3) is 59.8. The number of esters is 8. The lowest BCUT2D eigenvalue weighted by molar-refractivity contribution is -0.160. The summed E-state index contributed by atoms with van der Waals surface area (Å²) in [4.78, 5) is 89.9. The Morgan fingerprint density at radius 2 is 0.719 bits per heavy atom. The third-order valence-corrected chi connectivity index (χ3v) is 16.4. The van der Waals surface area contributed by atoms with Gasteiger partial charge in [-0.15, -0.1) is 0 Å².